The average Bonchev–Trinajstić information content (AvgIpc) is 3.29. The summed E-state index contributed by atoms with van der Waals surface area (Å²) in [7, 11) is 0. The van der Waals surface area contributed by atoms with Crippen LogP contribution in [0.3, 0.4) is 0 Å². The lowest BCUT2D eigenvalue weighted by Crippen LogP contribution is -2.29. The molecule has 1 unspecified atom stereocenters. The van der Waals surface area contributed by atoms with E-state index in [-0.39, 0.29) is 11.8 Å². The highest BCUT2D eigenvalue weighted by molar-refractivity contribution is 7.13. The second-order valence-corrected chi connectivity index (χ2v) is 6.54. The highest BCUT2D eigenvalue weighted by Gasteiger charge is 2.19. The first-order valence-corrected chi connectivity index (χ1v) is 8.97. The van der Waals surface area contributed by atoms with Gasteiger partial charge >= 0.3 is 0 Å². The molecule has 1 amide bonds. The minimum Gasteiger partial charge on any atom is -0.443 e. The smallest absolute Gasteiger partial charge is 0.236 e. The van der Waals surface area contributed by atoms with Crippen molar-refractivity contribution in [3.63, 3.8) is 0 Å². The number of benzene rings is 1. The van der Waals surface area contributed by atoms with E-state index in [0.29, 0.717) is 12.4 Å². The van der Waals surface area contributed by atoms with Gasteiger partial charge < -0.3 is 9.73 Å². The van der Waals surface area contributed by atoms with Crippen LogP contribution in [0, 0.1) is 0 Å². The van der Waals surface area contributed by atoms with Gasteiger partial charge in [0.15, 0.2) is 0 Å². The molecule has 2 aromatic heterocycles. The summed E-state index contributed by atoms with van der Waals surface area (Å²) in [6.45, 7) is 2.47. The van der Waals surface area contributed by atoms with E-state index in [1.54, 1.807) is 17.6 Å². The van der Waals surface area contributed by atoms with Crippen molar-refractivity contribution in [1.29, 1.82) is 0 Å². The van der Waals surface area contributed by atoms with Crippen molar-refractivity contribution in [2.24, 2.45) is 0 Å². The molecule has 4 nitrogen and oxygen atoms in total. The number of amides is 1. The Balaban J connectivity index is 1.63. The van der Waals surface area contributed by atoms with Crippen LogP contribution in [0.15, 0.2) is 58.5 Å². The van der Waals surface area contributed by atoms with Crippen LogP contribution in [0.1, 0.15) is 36.9 Å². The Morgan fingerprint density at radius 3 is 2.79 bits per heavy atom. The van der Waals surface area contributed by atoms with Crippen molar-refractivity contribution < 1.29 is 9.21 Å². The Morgan fingerprint density at radius 2 is 2.08 bits per heavy atom. The average molecular weight is 340 g/mol. The quantitative estimate of drug-likeness (QED) is 0.684. The molecule has 0 aliphatic carbocycles. The Labute approximate surface area is 145 Å². The molecule has 0 aliphatic rings. The van der Waals surface area contributed by atoms with Crippen molar-refractivity contribution in [2.75, 3.05) is 0 Å². The van der Waals surface area contributed by atoms with Gasteiger partial charge in [-0.25, -0.2) is 4.98 Å². The number of hydrogen-bond acceptors (Lipinski definition) is 4. The van der Waals surface area contributed by atoms with Crippen LogP contribution in [-0.4, -0.2) is 10.9 Å². The van der Waals surface area contributed by atoms with Gasteiger partial charge in [-0.05, 0) is 23.4 Å². The Kier molecular flexibility index (Phi) is 5.43. The molecule has 0 spiro atoms. The second kappa shape index (κ2) is 7.93. The van der Waals surface area contributed by atoms with Gasteiger partial charge in [-0.2, -0.15) is 0 Å². The molecule has 0 saturated heterocycles. The highest BCUT2D eigenvalue weighted by atomic mass is 32.1. The van der Waals surface area contributed by atoms with E-state index in [9.17, 15) is 4.79 Å². The summed E-state index contributed by atoms with van der Waals surface area (Å²) in [5.41, 5.74) is 1.78. The Hall–Kier alpha value is -2.40. The summed E-state index contributed by atoms with van der Waals surface area (Å²) in [6, 6.07) is 13.8. The van der Waals surface area contributed by atoms with Gasteiger partial charge in [0.2, 0.25) is 11.8 Å². The van der Waals surface area contributed by atoms with E-state index in [1.165, 1.54) is 0 Å². The van der Waals surface area contributed by atoms with Crippen LogP contribution in [0.2, 0.25) is 0 Å². The first-order chi connectivity index (χ1) is 11.8. The molecule has 1 aromatic carbocycles. The molecule has 0 radical (unpaired) electrons. The molecular weight excluding hydrogens is 320 g/mol. The van der Waals surface area contributed by atoms with E-state index in [0.717, 1.165) is 29.0 Å². The maximum Gasteiger partial charge on any atom is 0.236 e. The molecule has 0 fully saturated rings. The standard InChI is InChI=1S/C19H20N2O2S/c1-2-7-16(14-8-4-3-5-9-14)18(22)20-12-15-13-23-19(21-15)17-10-6-11-24-17/h3-6,8-11,13,16H,2,7,12H2,1H3,(H,20,22). The van der Waals surface area contributed by atoms with Crippen molar-refractivity contribution in [3.05, 3.63) is 65.4 Å². The highest BCUT2D eigenvalue weighted by Crippen LogP contribution is 2.24. The Morgan fingerprint density at radius 1 is 1.25 bits per heavy atom. The molecule has 0 saturated carbocycles. The molecule has 1 atom stereocenters. The predicted molar refractivity (Wildman–Crippen MR) is 95.8 cm³/mol. The molecule has 3 aromatic rings. The fourth-order valence-corrected chi connectivity index (χ4v) is 3.28. The van der Waals surface area contributed by atoms with Gasteiger partial charge in [-0.3, -0.25) is 4.79 Å². The van der Waals surface area contributed by atoms with E-state index >= 15 is 0 Å². The monoisotopic (exact) mass is 340 g/mol. The van der Waals surface area contributed by atoms with E-state index in [2.05, 4.69) is 17.2 Å². The third kappa shape index (κ3) is 3.92. The number of hydrogen-bond donors (Lipinski definition) is 1. The number of thiophene rings is 1. The minimum absolute atomic E-state index is 0.0312. The molecule has 124 valence electrons. The van der Waals surface area contributed by atoms with Crippen molar-refractivity contribution in [1.82, 2.24) is 10.3 Å². The Bertz CT molecular complexity index is 766. The van der Waals surface area contributed by atoms with Crippen LogP contribution >= 0.6 is 11.3 Å². The van der Waals surface area contributed by atoms with Crippen LogP contribution in [0.25, 0.3) is 10.8 Å². The predicted octanol–water partition coefficient (Wildman–Crippen LogP) is 4.60. The number of nitrogens with one attached hydrogen (secondary N) is 1. The van der Waals surface area contributed by atoms with Gasteiger partial charge in [0.25, 0.3) is 0 Å². The van der Waals surface area contributed by atoms with Crippen molar-refractivity contribution >= 4 is 17.2 Å². The maximum atomic E-state index is 12.6. The first kappa shape index (κ1) is 16.5. The summed E-state index contributed by atoms with van der Waals surface area (Å²) in [6.07, 6.45) is 3.39. The van der Waals surface area contributed by atoms with E-state index in [1.807, 2.05) is 47.8 Å². The zero-order chi connectivity index (χ0) is 16.8. The molecule has 3 rings (SSSR count). The van der Waals surface area contributed by atoms with Gasteiger partial charge in [0, 0.05) is 0 Å². The molecule has 5 heteroatoms. The minimum atomic E-state index is -0.125. The van der Waals surface area contributed by atoms with Gasteiger partial charge in [0.05, 0.1) is 23.0 Å². The molecule has 1 N–H and O–H groups in total. The van der Waals surface area contributed by atoms with Crippen LogP contribution in [0.4, 0.5) is 0 Å². The van der Waals surface area contributed by atoms with Crippen LogP contribution in [0.5, 0.6) is 0 Å². The van der Waals surface area contributed by atoms with Gasteiger partial charge in [-0.15, -0.1) is 11.3 Å². The van der Waals surface area contributed by atoms with Gasteiger partial charge in [0.1, 0.15) is 6.26 Å². The largest absolute Gasteiger partial charge is 0.443 e. The van der Waals surface area contributed by atoms with Crippen LogP contribution in [-0.2, 0) is 11.3 Å². The zero-order valence-corrected chi connectivity index (χ0v) is 14.4. The number of carbonyl (C=O) groups excluding carboxylic acids is 1. The van der Waals surface area contributed by atoms with E-state index < -0.39 is 0 Å². The first-order valence-electron chi connectivity index (χ1n) is 8.09. The van der Waals surface area contributed by atoms with Crippen molar-refractivity contribution in [2.45, 2.75) is 32.2 Å². The molecule has 24 heavy (non-hydrogen) atoms. The number of nitrogens with zero attached hydrogens (tertiary/aromatic N) is 1. The summed E-state index contributed by atoms with van der Waals surface area (Å²) in [5, 5.41) is 4.97. The summed E-state index contributed by atoms with van der Waals surface area (Å²) < 4.78 is 5.48. The fraction of sp³-hybridized carbons (Fsp3) is 0.263. The normalized spacial score (nSPS) is 12.0. The van der Waals surface area contributed by atoms with E-state index in [4.69, 9.17) is 4.42 Å². The lowest BCUT2D eigenvalue weighted by molar-refractivity contribution is -0.122. The van der Waals surface area contributed by atoms with Gasteiger partial charge in [-0.1, -0.05) is 49.7 Å². The van der Waals surface area contributed by atoms with Crippen LogP contribution < -0.4 is 5.32 Å². The molecule has 2 heterocycles. The SMILES string of the molecule is CCCC(C(=O)NCc1coc(-c2cccs2)n1)c1ccccc1. The fourth-order valence-electron chi connectivity index (χ4n) is 2.63. The molecular formula is C19H20N2O2S. The molecule has 0 aliphatic heterocycles. The second-order valence-electron chi connectivity index (χ2n) is 5.59. The molecule has 0 bridgehead atoms. The lowest BCUT2D eigenvalue weighted by Gasteiger charge is -2.16. The number of oxazole rings is 1. The number of rotatable bonds is 7. The van der Waals surface area contributed by atoms with Crippen molar-refractivity contribution in [3.8, 4) is 10.8 Å². The summed E-state index contributed by atoms with van der Waals surface area (Å²) in [4.78, 5) is 18.0. The lowest BCUT2D eigenvalue weighted by atomic mass is 9.93. The topological polar surface area (TPSA) is 55.1 Å². The summed E-state index contributed by atoms with van der Waals surface area (Å²) in [5.74, 6) is 0.506. The number of carbonyl (C=O) groups is 1. The summed E-state index contributed by atoms with van der Waals surface area (Å²) >= 11 is 1.58. The maximum absolute atomic E-state index is 12.6. The third-order valence-corrected chi connectivity index (χ3v) is 4.68. The zero-order valence-electron chi connectivity index (χ0n) is 13.6. The third-order valence-electron chi connectivity index (χ3n) is 3.82. The number of aromatic nitrogens is 1.